The summed E-state index contributed by atoms with van der Waals surface area (Å²) in [5.74, 6) is -0.151. The number of nitrogens with zero attached hydrogens (tertiary/aromatic N) is 1. The molecule has 17 heavy (non-hydrogen) atoms. The van der Waals surface area contributed by atoms with Crippen molar-refractivity contribution in [2.45, 2.75) is 38.3 Å². The second-order valence-corrected chi connectivity index (χ2v) is 5.40. The predicted octanol–water partition coefficient (Wildman–Crippen LogP) is 3.97. The van der Waals surface area contributed by atoms with Crippen LogP contribution in [0.15, 0.2) is 24.3 Å². The molecule has 0 radical (unpaired) electrons. The van der Waals surface area contributed by atoms with E-state index in [4.69, 9.17) is 0 Å². The van der Waals surface area contributed by atoms with Crippen molar-refractivity contribution < 1.29 is 4.39 Å². The molecule has 0 bridgehead atoms. The van der Waals surface area contributed by atoms with Crippen molar-refractivity contribution in [1.29, 1.82) is 0 Å². The summed E-state index contributed by atoms with van der Waals surface area (Å²) in [5, 5.41) is 1.04. The van der Waals surface area contributed by atoms with Crippen LogP contribution in [0.2, 0.25) is 0 Å². The number of benzene rings is 1. The molecular formula is C14H19BrFN. The minimum Gasteiger partial charge on any atom is -0.295 e. The smallest absolute Gasteiger partial charge is 0.123 e. The summed E-state index contributed by atoms with van der Waals surface area (Å²) in [6.07, 6.45) is 5.22. The lowest BCUT2D eigenvalue weighted by Crippen LogP contribution is -2.35. The van der Waals surface area contributed by atoms with Crippen LogP contribution in [0, 0.1) is 5.82 Å². The first-order chi connectivity index (χ1) is 8.29. The Labute approximate surface area is 111 Å². The van der Waals surface area contributed by atoms with Gasteiger partial charge < -0.3 is 0 Å². The lowest BCUT2D eigenvalue weighted by atomic mass is 10.1. The molecule has 1 heterocycles. The molecular weight excluding hydrogens is 281 g/mol. The Morgan fingerprint density at radius 1 is 1.18 bits per heavy atom. The first-order valence-electron chi connectivity index (χ1n) is 6.34. The second kappa shape index (κ2) is 6.50. The lowest BCUT2D eigenvalue weighted by Gasteiger charge is -2.28. The normalized spacial score (nSPS) is 22.4. The molecule has 0 amide bonds. The Hall–Kier alpha value is -0.410. The van der Waals surface area contributed by atoms with Crippen LogP contribution in [0.4, 0.5) is 4.39 Å². The van der Waals surface area contributed by atoms with E-state index in [1.807, 2.05) is 12.1 Å². The van der Waals surface area contributed by atoms with Gasteiger partial charge in [-0.1, -0.05) is 40.9 Å². The predicted molar refractivity (Wildman–Crippen MR) is 72.9 cm³/mol. The zero-order valence-corrected chi connectivity index (χ0v) is 11.6. The van der Waals surface area contributed by atoms with Gasteiger partial charge in [0.15, 0.2) is 0 Å². The van der Waals surface area contributed by atoms with Crippen molar-refractivity contribution in [1.82, 2.24) is 4.90 Å². The number of likely N-dealkylation sites (tertiary alicyclic amines) is 1. The summed E-state index contributed by atoms with van der Waals surface area (Å²) >= 11 is 3.61. The van der Waals surface area contributed by atoms with E-state index >= 15 is 0 Å². The zero-order valence-electron chi connectivity index (χ0n) is 10.0. The molecule has 1 aromatic rings. The van der Waals surface area contributed by atoms with Gasteiger partial charge in [-0.15, -0.1) is 0 Å². The van der Waals surface area contributed by atoms with E-state index in [9.17, 15) is 4.39 Å². The van der Waals surface area contributed by atoms with E-state index in [1.54, 1.807) is 12.1 Å². The third kappa shape index (κ3) is 3.78. The first kappa shape index (κ1) is 13.0. The SMILES string of the molecule is Fc1ccc(CN2CCCCCC2CBr)cc1. The van der Waals surface area contributed by atoms with Crippen LogP contribution in [0.25, 0.3) is 0 Å². The van der Waals surface area contributed by atoms with Gasteiger partial charge in [0.25, 0.3) is 0 Å². The van der Waals surface area contributed by atoms with Gasteiger partial charge in [-0.05, 0) is 37.1 Å². The van der Waals surface area contributed by atoms with Crippen molar-refractivity contribution in [3.63, 3.8) is 0 Å². The lowest BCUT2D eigenvalue weighted by molar-refractivity contribution is 0.209. The van der Waals surface area contributed by atoms with E-state index < -0.39 is 0 Å². The van der Waals surface area contributed by atoms with Crippen molar-refractivity contribution in [2.75, 3.05) is 11.9 Å². The van der Waals surface area contributed by atoms with E-state index in [2.05, 4.69) is 20.8 Å². The van der Waals surface area contributed by atoms with Crippen molar-refractivity contribution in [2.24, 2.45) is 0 Å². The topological polar surface area (TPSA) is 3.24 Å². The molecule has 2 rings (SSSR count). The summed E-state index contributed by atoms with van der Waals surface area (Å²) in [7, 11) is 0. The fourth-order valence-electron chi connectivity index (χ4n) is 2.44. The molecule has 1 atom stereocenters. The van der Waals surface area contributed by atoms with Crippen LogP contribution in [0.1, 0.15) is 31.2 Å². The largest absolute Gasteiger partial charge is 0.295 e. The van der Waals surface area contributed by atoms with Gasteiger partial charge in [-0.3, -0.25) is 4.90 Å². The highest BCUT2D eigenvalue weighted by Crippen LogP contribution is 2.20. The van der Waals surface area contributed by atoms with Gasteiger partial charge in [-0.2, -0.15) is 0 Å². The number of hydrogen-bond acceptors (Lipinski definition) is 1. The highest BCUT2D eigenvalue weighted by atomic mass is 79.9. The molecule has 1 saturated heterocycles. The standard InChI is InChI=1S/C14H19BrFN/c15-10-14-4-2-1-3-9-17(14)11-12-5-7-13(16)8-6-12/h5-8,14H,1-4,9-11H2. The van der Waals surface area contributed by atoms with Crippen LogP contribution in [0.3, 0.4) is 0 Å². The maximum Gasteiger partial charge on any atom is 0.123 e. The minimum absolute atomic E-state index is 0.151. The van der Waals surface area contributed by atoms with Gasteiger partial charge in [-0.25, -0.2) is 4.39 Å². The highest BCUT2D eigenvalue weighted by molar-refractivity contribution is 9.09. The fourth-order valence-corrected chi connectivity index (χ4v) is 3.18. The van der Waals surface area contributed by atoms with Crippen LogP contribution in [-0.2, 0) is 6.54 Å². The molecule has 0 saturated carbocycles. The fraction of sp³-hybridized carbons (Fsp3) is 0.571. The van der Waals surface area contributed by atoms with Crippen LogP contribution < -0.4 is 0 Å². The first-order valence-corrected chi connectivity index (χ1v) is 7.46. The summed E-state index contributed by atoms with van der Waals surface area (Å²) < 4.78 is 12.9. The Morgan fingerprint density at radius 2 is 1.94 bits per heavy atom. The average Bonchev–Trinajstić information content (AvgIpc) is 2.57. The molecule has 0 N–H and O–H groups in total. The third-order valence-corrected chi connectivity index (χ3v) is 4.22. The number of halogens is 2. The summed E-state index contributed by atoms with van der Waals surface area (Å²) in [6, 6.07) is 7.52. The molecule has 0 aromatic heterocycles. The third-order valence-electron chi connectivity index (χ3n) is 3.48. The minimum atomic E-state index is -0.151. The number of alkyl halides is 1. The van der Waals surface area contributed by atoms with Crippen molar-refractivity contribution >= 4 is 15.9 Å². The maximum absolute atomic E-state index is 12.9. The van der Waals surface area contributed by atoms with Crippen LogP contribution >= 0.6 is 15.9 Å². The van der Waals surface area contributed by atoms with Crippen molar-refractivity contribution in [3.05, 3.63) is 35.6 Å². The summed E-state index contributed by atoms with van der Waals surface area (Å²) in [5.41, 5.74) is 1.21. The Balaban J connectivity index is 2.01. The van der Waals surface area contributed by atoms with E-state index in [-0.39, 0.29) is 5.82 Å². The van der Waals surface area contributed by atoms with Crippen molar-refractivity contribution in [3.8, 4) is 0 Å². The van der Waals surface area contributed by atoms with Gasteiger partial charge in [0.05, 0.1) is 0 Å². The molecule has 3 heteroatoms. The quantitative estimate of drug-likeness (QED) is 0.764. The molecule has 0 spiro atoms. The molecule has 1 unspecified atom stereocenters. The maximum atomic E-state index is 12.9. The monoisotopic (exact) mass is 299 g/mol. The van der Waals surface area contributed by atoms with E-state index in [1.165, 1.54) is 31.2 Å². The van der Waals surface area contributed by atoms with E-state index in [0.29, 0.717) is 6.04 Å². The van der Waals surface area contributed by atoms with Crippen LogP contribution in [-0.4, -0.2) is 22.8 Å². The van der Waals surface area contributed by atoms with Crippen LogP contribution in [0.5, 0.6) is 0 Å². The molecule has 1 fully saturated rings. The van der Waals surface area contributed by atoms with Gasteiger partial charge in [0.2, 0.25) is 0 Å². The zero-order chi connectivity index (χ0) is 12.1. The van der Waals surface area contributed by atoms with Gasteiger partial charge >= 0.3 is 0 Å². The molecule has 94 valence electrons. The molecule has 1 aliphatic rings. The number of hydrogen-bond donors (Lipinski definition) is 0. The summed E-state index contributed by atoms with van der Waals surface area (Å²) in [6.45, 7) is 2.10. The van der Waals surface area contributed by atoms with E-state index in [0.717, 1.165) is 18.4 Å². The molecule has 1 aliphatic heterocycles. The molecule has 1 nitrogen and oxygen atoms in total. The van der Waals surface area contributed by atoms with Gasteiger partial charge in [0.1, 0.15) is 5.82 Å². The number of rotatable bonds is 3. The second-order valence-electron chi connectivity index (χ2n) is 4.75. The molecule has 1 aromatic carbocycles. The molecule has 0 aliphatic carbocycles. The summed E-state index contributed by atoms with van der Waals surface area (Å²) in [4.78, 5) is 2.52. The Bertz CT molecular complexity index is 339. The Kier molecular flexibility index (Phi) is 4.99. The highest BCUT2D eigenvalue weighted by Gasteiger charge is 2.19. The Morgan fingerprint density at radius 3 is 2.65 bits per heavy atom. The average molecular weight is 300 g/mol. The van der Waals surface area contributed by atoms with Gasteiger partial charge in [0, 0.05) is 17.9 Å².